The van der Waals surface area contributed by atoms with Crippen molar-refractivity contribution < 1.29 is 24.3 Å². The summed E-state index contributed by atoms with van der Waals surface area (Å²) in [6, 6.07) is 4.96. The molecule has 0 aromatic heterocycles. The first-order chi connectivity index (χ1) is 11.3. The number of fused-ring (bicyclic) bond motifs is 1. The van der Waals surface area contributed by atoms with Crippen molar-refractivity contribution in [1.29, 1.82) is 0 Å². The number of aliphatic carboxylic acids is 1. The first-order valence-corrected chi connectivity index (χ1v) is 7.58. The number of carbonyl (C=O) groups excluding carboxylic acids is 3. The average molecular weight is 352 g/mol. The predicted octanol–water partition coefficient (Wildman–Crippen LogP) is -0.0780. The number of β-lactam (4-membered cyclic amide) rings is 1. The van der Waals surface area contributed by atoms with Gasteiger partial charge in [0.1, 0.15) is 6.04 Å². The lowest BCUT2D eigenvalue weighted by Gasteiger charge is -2.43. The lowest BCUT2D eigenvalue weighted by Crippen LogP contribution is -2.71. The van der Waals surface area contributed by atoms with Crippen molar-refractivity contribution in [1.82, 2.24) is 15.1 Å². The van der Waals surface area contributed by atoms with E-state index >= 15 is 0 Å². The van der Waals surface area contributed by atoms with Crippen LogP contribution in [0.5, 0.6) is 0 Å². The van der Waals surface area contributed by atoms with Gasteiger partial charge in [-0.15, -0.1) is 0 Å². The van der Waals surface area contributed by atoms with E-state index in [1.807, 2.05) is 0 Å². The van der Waals surface area contributed by atoms with E-state index in [4.69, 9.17) is 11.6 Å². The predicted molar refractivity (Wildman–Crippen MR) is 82.2 cm³/mol. The van der Waals surface area contributed by atoms with Crippen molar-refractivity contribution >= 4 is 35.3 Å². The minimum Gasteiger partial charge on any atom is -0.478 e. The number of carboxylic acid groups (broad SMARTS) is 1. The number of rotatable bonds is 3. The summed E-state index contributed by atoms with van der Waals surface area (Å²) in [6.07, 6.45) is -1.33. The number of halogens is 1. The Kier molecular flexibility index (Phi) is 3.92. The largest absolute Gasteiger partial charge is 0.478 e. The van der Waals surface area contributed by atoms with Crippen molar-refractivity contribution in [2.45, 2.75) is 25.2 Å². The zero-order valence-corrected chi connectivity index (χ0v) is 13.4. The number of hydrogen-bond donors (Lipinski definition) is 2. The summed E-state index contributed by atoms with van der Waals surface area (Å²) < 4.78 is 0. The van der Waals surface area contributed by atoms with Crippen molar-refractivity contribution in [2.24, 2.45) is 0 Å². The zero-order valence-electron chi connectivity index (χ0n) is 12.6. The van der Waals surface area contributed by atoms with Gasteiger partial charge in [0, 0.05) is 13.5 Å². The zero-order chi connectivity index (χ0) is 17.6. The molecule has 126 valence electrons. The number of nitrogens with zero attached hydrogens (tertiary/aromatic N) is 2. The highest BCUT2D eigenvalue weighted by atomic mass is 35.5. The van der Waals surface area contributed by atoms with Crippen LogP contribution in [0, 0.1) is 0 Å². The first-order valence-electron chi connectivity index (χ1n) is 7.20. The van der Waals surface area contributed by atoms with Gasteiger partial charge < -0.3 is 20.2 Å². The van der Waals surface area contributed by atoms with Crippen LogP contribution in [0.25, 0.3) is 0 Å². The molecule has 0 spiro atoms. The standard InChI is InChI=1S/C15H14ClN3O5/c1-7(20)18-6-10-11(14(22)19(10)13(18)15(23)24)17-12(21)8-4-2-3-5-9(8)16/h2-5,10-11,13H,6H2,1H3,(H,17,21)(H,23,24). The molecule has 1 aromatic carbocycles. The molecule has 0 aliphatic carbocycles. The van der Waals surface area contributed by atoms with Crippen LogP contribution in [0.3, 0.4) is 0 Å². The highest BCUT2D eigenvalue weighted by molar-refractivity contribution is 6.33. The molecule has 1 aromatic rings. The molecule has 2 aliphatic heterocycles. The van der Waals surface area contributed by atoms with Crippen molar-refractivity contribution in [3.05, 3.63) is 34.9 Å². The number of carboxylic acids is 1. The van der Waals surface area contributed by atoms with Crippen molar-refractivity contribution in [3.63, 3.8) is 0 Å². The van der Waals surface area contributed by atoms with Gasteiger partial charge in [0.15, 0.2) is 0 Å². The van der Waals surface area contributed by atoms with Crippen molar-refractivity contribution in [3.8, 4) is 0 Å². The van der Waals surface area contributed by atoms with Crippen LogP contribution in [0.2, 0.25) is 5.02 Å². The minimum atomic E-state index is -1.33. The SMILES string of the molecule is CC(=O)N1CC2C(NC(=O)c3ccccc3Cl)C(=O)N2C1C(=O)O. The Morgan fingerprint density at radius 1 is 1.29 bits per heavy atom. The fraction of sp³-hybridized carbons (Fsp3) is 0.333. The topological polar surface area (TPSA) is 107 Å². The van der Waals surface area contributed by atoms with Gasteiger partial charge in [0.25, 0.3) is 5.91 Å². The summed E-state index contributed by atoms with van der Waals surface area (Å²) in [5.41, 5.74) is 0.224. The fourth-order valence-corrected chi connectivity index (χ4v) is 3.31. The number of amides is 3. The van der Waals surface area contributed by atoms with Crippen LogP contribution in [0.15, 0.2) is 24.3 Å². The normalized spacial score (nSPS) is 25.1. The molecular formula is C15H14ClN3O5. The van der Waals surface area contributed by atoms with Crippen molar-refractivity contribution in [2.75, 3.05) is 6.54 Å². The van der Waals surface area contributed by atoms with Gasteiger partial charge in [-0.25, -0.2) is 4.79 Å². The fourth-order valence-electron chi connectivity index (χ4n) is 3.09. The Balaban J connectivity index is 1.78. The summed E-state index contributed by atoms with van der Waals surface area (Å²) >= 11 is 5.95. The lowest BCUT2D eigenvalue weighted by molar-refractivity contribution is -0.164. The maximum atomic E-state index is 12.3. The third kappa shape index (κ3) is 2.39. The molecule has 2 saturated heterocycles. The first kappa shape index (κ1) is 16.3. The van der Waals surface area contributed by atoms with Gasteiger partial charge in [0.2, 0.25) is 18.0 Å². The molecule has 24 heavy (non-hydrogen) atoms. The highest BCUT2D eigenvalue weighted by Crippen LogP contribution is 2.33. The van der Waals surface area contributed by atoms with E-state index in [-0.39, 0.29) is 17.1 Å². The van der Waals surface area contributed by atoms with E-state index in [9.17, 15) is 24.3 Å². The van der Waals surface area contributed by atoms with E-state index in [0.29, 0.717) is 0 Å². The molecule has 3 amide bonds. The van der Waals surface area contributed by atoms with Gasteiger partial charge in [0.05, 0.1) is 16.6 Å². The minimum absolute atomic E-state index is 0.0610. The van der Waals surface area contributed by atoms with E-state index in [1.165, 1.54) is 13.0 Å². The molecule has 3 atom stereocenters. The molecular weight excluding hydrogens is 338 g/mol. The van der Waals surface area contributed by atoms with E-state index in [2.05, 4.69) is 5.32 Å². The van der Waals surface area contributed by atoms with Crippen LogP contribution >= 0.6 is 11.6 Å². The summed E-state index contributed by atoms with van der Waals surface area (Å²) in [5, 5.41) is 12.1. The molecule has 2 aliphatic rings. The summed E-state index contributed by atoms with van der Waals surface area (Å²) in [5.74, 6) is -2.78. The molecule has 0 radical (unpaired) electrons. The van der Waals surface area contributed by atoms with Crippen LogP contribution < -0.4 is 5.32 Å². The monoisotopic (exact) mass is 351 g/mol. The average Bonchev–Trinajstić information content (AvgIpc) is 2.89. The third-order valence-corrected chi connectivity index (χ3v) is 4.57. The Hall–Kier alpha value is -2.61. The molecule has 2 fully saturated rings. The Labute approximate surface area is 142 Å². The molecule has 0 saturated carbocycles. The maximum Gasteiger partial charge on any atom is 0.347 e. The molecule has 3 unspecified atom stereocenters. The van der Waals surface area contributed by atoms with Gasteiger partial charge in [-0.3, -0.25) is 14.4 Å². The van der Waals surface area contributed by atoms with E-state index in [1.54, 1.807) is 18.2 Å². The molecule has 3 rings (SSSR count). The van der Waals surface area contributed by atoms with Crippen LogP contribution in [-0.2, 0) is 14.4 Å². The third-order valence-electron chi connectivity index (χ3n) is 4.24. The quantitative estimate of drug-likeness (QED) is 0.741. The summed E-state index contributed by atoms with van der Waals surface area (Å²) in [4.78, 5) is 49.7. The second-order valence-corrected chi connectivity index (χ2v) is 6.03. The lowest BCUT2D eigenvalue weighted by atomic mass is 9.96. The van der Waals surface area contributed by atoms with Gasteiger partial charge in [-0.2, -0.15) is 0 Å². The number of nitrogens with one attached hydrogen (secondary N) is 1. The highest BCUT2D eigenvalue weighted by Gasteiger charge is 2.60. The number of carbonyl (C=O) groups is 4. The number of hydrogen-bond acceptors (Lipinski definition) is 4. The second-order valence-electron chi connectivity index (χ2n) is 5.63. The van der Waals surface area contributed by atoms with Crippen LogP contribution in [0.4, 0.5) is 0 Å². The van der Waals surface area contributed by atoms with E-state index < -0.39 is 41.9 Å². The maximum absolute atomic E-state index is 12.3. The van der Waals surface area contributed by atoms with Crippen LogP contribution in [-0.4, -0.2) is 63.4 Å². The smallest absolute Gasteiger partial charge is 0.347 e. The number of benzene rings is 1. The summed E-state index contributed by atoms with van der Waals surface area (Å²) in [7, 11) is 0. The molecule has 2 heterocycles. The van der Waals surface area contributed by atoms with Gasteiger partial charge >= 0.3 is 5.97 Å². The molecule has 9 heteroatoms. The Morgan fingerprint density at radius 3 is 2.54 bits per heavy atom. The summed E-state index contributed by atoms with van der Waals surface area (Å²) in [6.45, 7) is 1.30. The Bertz CT molecular complexity index is 752. The molecule has 2 N–H and O–H groups in total. The molecule has 8 nitrogen and oxygen atoms in total. The Morgan fingerprint density at radius 2 is 1.96 bits per heavy atom. The second kappa shape index (κ2) is 5.79. The van der Waals surface area contributed by atoms with Gasteiger partial charge in [-0.1, -0.05) is 23.7 Å². The van der Waals surface area contributed by atoms with Crippen LogP contribution in [0.1, 0.15) is 17.3 Å². The van der Waals surface area contributed by atoms with E-state index in [0.717, 1.165) is 9.80 Å². The van der Waals surface area contributed by atoms with Gasteiger partial charge in [-0.05, 0) is 12.1 Å². The molecule has 0 bridgehead atoms.